The van der Waals surface area contributed by atoms with Gasteiger partial charge >= 0.3 is 0 Å². The fourth-order valence-corrected chi connectivity index (χ4v) is 1.23. The zero-order chi connectivity index (χ0) is 9.40. The van der Waals surface area contributed by atoms with E-state index in [1.807, 2.05) is 0 Å². The van der Waals surface area contributed by atoms with E-state index in [1.165, 1.54) is 0 Å². The fraction of sp³-hybridized carbons (Fsp3) is 1.00. The lowest BCUT2D eigenvalue weighted by molar-refractivity contribution is 0.140. The number of hydrogen-bond donors (Lipinski definition) is 2. The van der Waals surface area contributed by atoms with Crippen molar-refractivity contribution in [2.75, 3.05) is 26.8 Å². The summed E-state index contributed by atoms with van der Waals surface area (Å²) < 4.78 is 5.07. The van der Waals surface area contributed by atoms with Gasteiger partial charge < -0.3 is 15.8 Å². The third kappa shape index (κ3) is 4.70. The van der Waals surface area contributed by atoms with Crippen LogP contribution in [0.15, 0.2) is 0 Å². The summed E-state index contributed by atoms with van der Waals surface area (Å²) in [6.45, 7) is 6.81. The molecule has 2 atom stereocenters. The maximum Gasteiger partial charge on any atom is 0.0503 e. The first-order valence-corrected chi connectivity index (χ1v) is 4.68. The summed E-state index contributed by atoms with van der Waals surface area (Å²) in [5.41, 5.74) is 5.63. The minimum Gasteiger partial charge on any atom is -0.384 e. The van der Waals surface area contributed by atoms with Gasteiger partial charge in [-0.1, -0.05) is 13.8 Å². The van der Waals surface area contributed by atoms with Crippen LogP contribution in [0.4, 0.5) is 0 Å². The summed E-state index contributed by atoms with van der Waals surface area (Å²) in [7, 11) is 1.73. The van der Waals surface area contributed by atoms with Gasteiger partial charge in [-0.05, 0) is 18.9 Å². The predicted molar refractivity (Wildman–Crippen MR) is 52.2 cm³/mol. The van der Waals surface area contributed by atoms with Crippen molar-refractivity contribution >= 4 is 0 Å². The topological polar surface area (TPSA) is 47.3 Å². The molecular weight excluding hydrogens is 152 g/mol. The number of hydrogen-bond acceptors (Lipinski definition) is 3. The third-order valence-corrected chi connectivity index (χ3v) is 2.03. The van der Waals surface area contributed by atoms with E-state index in [0.29, 0.717) is 18.5 Å². The molecule has 0 bridgehead atoms. The average molecular weight is 174 g/mol. The van der Waals surface area contributed by atoms with Crippen LogP contribution >= 0.6 is 0 Å². The highest BCUT2D eigenvalue weighted by Gasteiger charge is 2.13. The zero-order valence-corrected chi connectivity index (χ0v) is 8.47. The lowest BCUT2D eigenvalue weighted by atomic mass is 10.0. The Kier molecular flexibility index (Phi) is 7.45. The van der Waals surface area contributed by atoms with Crippen LogP contribution < -0.4 is 11.1 Å². The largest absolute Gasteiger partial charge is 0.384 e. The Morgan fingerprint density at radius 1 is 1.50 bits per heavy atom. The Morgan fingerprint density at radius 3 is 2.58 bits per heavy atom. The molecule has 0 aromatic heterocycles. The number of nitrogens with one attached hydrogen (secondary N) is 1. The molecule has 0 aliphatic heterocycles. The molecule has 0 fully saturated rings. The van der Waals surface area contributed by atoms with Gasteiger partial charge in [-0.25, -0.2) is 0 Å². The van der Waals surface area contributed by atoms with Crippen molar-refractivity contribution in [1.82, 2.24) is 5.32 Å². The molecule has 3 heteroatoms. The van der Waals surface area contributed by atoms with E-state index in [0.717, 1.165) is 19.6 Å². The Balaban J connectivity index is 3.62. The number of ether oxygens (including phenoxy) is 1. The van der Waals surface area contributed by atoms with Crippen molar-refractivity contribution in [3.05, 3.63) is 0 Å². The van der Waals surface area contributed by atoms with Crippen molar-refractivity contribution in [1.29, 1.82) is 0 Å². The van der Waals surface area contributed by atoms with Crippen LogP contribution in [-0.4, -0.2) is 32.8 Å². The summed E-state index contributed by atoms with van der Waals surface area (Å²) in [5.74, 6) is 0.492. The summed E-state index contributed by atoms with van der Waals surface area (Å²) >= 11 is 0. The fourth-order valence-electron chi connectivity index (χ4n) is 1.23. The van der Waals surface area contributed by atoms with Gasteiger partial charge in [-0.3, -0.25) is 0 Å². The highest BCUT2D eigenvalue weighted by atomic mass is 16.5. The molecule has 0 saturated heterocycles. The molecule has 0 radical (unpaired) electrons. The molecule has 74 valence electrons. The Hall–Kier alpha value is -0.120. The van der Waals surface area contributed by atoms with Crippen LogP contribution in [0.2, 0.25) is 0 Å². The van der Waals surface area contributed by atoms with Crippen LogP contribution in [-0.2, 0) is 4.74 Å². The molecule has 0 aromatic carbocycles. The molecule has 0 saturated carbocycles. The van der Waals surface area contributed by atoms with Crippen molar-refractivity contribution in [3.63, 3.8) is 0 Å². The molecule has 0 spiro atoms. The highest BCUT2D eigenvalue weighted by Crippen LogP contribution is 2.01. The van der Waals surface area contributed by atoms with Crippen molar-refractivity contribution in [2.45, 2.75) is 26.3 Å². The summed E-state index contributed by atoms with van der Waals surface area (Å²) in [6, 6.07) is 0.393. The first kappa shape index (κ1) is 11.9. The smallest absolute Gasteiger partial charge is 0.0503 e. The monoisotopic (exact) mass is 174 g/mol. The number of methoxy groups -OCH3 is 1. The van der Waals surface area contributed by atoms with Gasteiger partial charge in [0, 0.05) is 19.7 Å². The van der Waals surface area contributed by atoms with Crippen molar-refractivity contribution in [2.24, 2.45) is 11.7 Å². The van der Waals surface area contributed by atoms with E-state index >= 15 is 0 Å². The summed E-state index contributed by atoms with van der Waals surface area (Å²) in [5, 5.41) is 3.40. The molecule has 3 N–H and O–H groups in total. The zero-order valence-electron chi connectivity index (χ0n) is 8.47. The first-order valence-electron chi connectivity index (χ1n) is 4.68. The van der Waals surface area contributed by atoms with Crippen LogP contribution in [0, 0.1) is 5.92 Å². The number of rotatable bonds is 7. The van der Waals surface area contributed by atoms with Gasteiger partial charge in [-0.2, -0.15) is 0 Å². The highest BCUT2D eigenvalue weighted by molar-refractivity contribution is 4.73. The molecule has 0 rings (SSSR count). The molecule has 0 amide bonds. The van der Waals surface area contributed by atoms with Gasteiger partial charge in [0.15, 0.2) is 0 Å². The molecular formula is C9H22N2O. The minimum absolute atomic E-state index is 0.393. The van der Waals surface area contributed by atoms with E-state index in [4.69, 9.17) is 10.5 Å². The van der Waals surface area contributed by atoms with Gasteiger partial charge in [0.25, 0.3) is 0 Å². The van der Waals surface area contributed by atoms with Crippen LogP contribution in [0.5, 0.6) is 0 Å². The third-order valence-electron chi connectivity index (χ3n) is 2.03. The van der Waals surface area contributed by atoms with Gasteiger partial charge in [0.05, 0.1) is 6.61 Å². The SMILES string of the molecule is CCCNC(CN)C(C)COC. The Labute approximate surface area is 75.7 Å². The van der Waals surface area contributed by atoms with Crippen LogP contribution in [0.25, 0.3) is 0 Å². The second-order valence-corrected chi connectivity index (χ2v) is 3.23. The molecule has 0 aliphatic rings. The molecule has 0 heterocycles. The van der Waals surface area contributed by atoms with Crippen LogP contribution in [0.1, 0.15) is 20.3 Å². The van der Waals surface area contributed by atoms with Crippen molar-refractivity contribution < 1.29 is 4.74 Å². The molecule has 3 nitrogen and oxygen atoms in total. The molecule has 0 aliphatic carbocycles. The average Bonchev–Trinajstić information content (AvgIpc) is 2.06. The lowest BCUT2D eigenvalue weighted by Crippen LogP contribution is -2.43. The minimum atomic E-state index is 0.393. The quantitative estimate of drug-likeness (QED) is 0.594. The summed E-state index contributed by atoms with van der Waals surface area (Å²) in [6.07, 6.45) is 1.15. The van der Waals surface area contributed by atoms with Crippen molar-refractivity contribution in [3.8, 4) is 0 Å². The van der Waals surface area contributed by atoms with E-state index in [-0.39, 0.29) is 0 Å². The lowest BCUT2D eigenvalue weighted by Gasteiger charge is -2.22. The number of nitrogens with two attached hydrogens (primary N) is 1. The van der Waals surface area contributed by atoms with E-state index in [2.05, 4.69) is 19.2 Å². The maximum absolute atomic E-state index is 5.63. The van der Waals surface area contributed by atoms with Crippen LogP contribution in [0.3, 0.4) is 0 Å². The predicted octanol–water partition coefficient (Wildman–Crippen LogP) is 0.596. The second kappa shape index (κ2) is 7.53. The standard InChI is InChI=1S/C9H22N2O/c1-4-5-11-9(6-10)8(2)7-12-3/h8-9,11H,4-7,10H2,1-3H3. The first-order chi connectivity index (χ1) is 5.76. The maximum atomic E-state index is 5.63. The van der Waals surface area contributed by atoms with E-state index < -0.39 is 0 Å². The second-order valence-electron chi connectivity index (χ2n) is 3.23. The van der Waals surface area contributed by atoms with Gasteiger partial charge in [0.2, 0.25) is 0 Å². The Bertz CT molecular complexity index is 98.5. The van der Waals surface area contributed by atoms with E-state index in [9.17, 15) is 0 Å². The van der Waals surface area contributed by atoms with E-state index in [1.54, 1.807) is 7.11 Å². The normalized spacial score (nSPS) is 16.0. The Morgan fingerprint density at radius 2 is 2.17 bits per heavy atom. The van der Waals surface area contributed by atoms with Gasteiger partial charge in [-0.15, -0.1) is 0 Å². The molecule has 2 unspecified atom stereocenters. The molecule has 12 heavy (non-hydrogen) atoms. The molecule has 0 aromatic rings. The summed E-state index contributed by atoms with van der Waals surface area (Å²) in [4.78, 5) is 0. The van der Waals surface area contributed by atoms with Gasteiger partial charge in [0.1, 0.15) is 0 Å².